The summed E-state index contributed by atoms with van der Waals surface area (Å²) in [6.45, 7) is 3.79. The van der Waals surface area contributed by atoms with Crippen LogP contribution in [0.25, 0.3) is 10.9 Å². The molecule has 4 saturated carbocycles. The van der Waals surface area contributed by atoms with Crippen molar-refractivity contribution in [2.75, 3.05) is 21.2 Å². The smallest absolute Gasteiger partial charge is 0.312 e. The highest BCUT2D eigenvalue weighted by molar-refractivity contribution is 7.97. The molecule has 0 radical (unpaired) electrons. The molecule has 2 aromatic rings. The number of para-hydroxylation sites is 1. The van der Waals surface area contributed by atoms with E-state index in [-0.39, 0.29) is 11.4 Å². The first-order chi connectivity index (χ1) is 16.2. The van der Waals surface area contributed by atoms with Gasteiger partial charge in [0.05, 0.1) is 23.6 Å². The molecule has 6 unspecified atom stereocenters. The van der Waals surface area contributed by atoms with Gasteiger partial charge in [-0.1, -0.05) is 18.2 Å². The lowest BCUT2D eigenvalue weighted by Gasteiger charge is -2.73. The van der Waals surface area contributed by atoms with E-state index in [1.165, 1.54) is 12.8 Å². The molecule has 6 atom stereocenters. The van der Waals surface area contributed by atoms with Gasteiger partial charge in [0.25, 0.3) is 0 Å². The third-order valence-electron chi connectivity index (χ3n) is 9.41. The van der Waals surface area contributed by atoms with Gasteiger partial charge in [-0.05, 0) is 101 Å². The second kappa shape index (κ2) is 8.32. The molecule has 34 heavy (non-hydrogen) atoms. The van der Waals surface area contributed by atoms with E-state index in [9.17, 15) is 9.59 Å². The minimum atomic E-state index is -0.498. The van der Waals surface area contributed by atoms with Crippen LogP contribution in [0.4, 0.5) is 0 Å². The Morgan fingerprint density at radius 1 is 1.26 bits per heavy atom. The van der Waals surface area contributed by atoms with Crippen molar-refractivity contribution in [1.29, 1.82) is 0 Å². The molecule has 1 spiro atoms. The van der Waals surface area contributed by atoms with Gasteiger partial charge in [-0.3, -0.25) is 9.78 Å². The number of carbonyl (C=O) groups excluding carboxylic acids is 2. The fourth-order valence-corrected chi connectivity index (χ4v) is 8.60. The summed E-state index contributed by atoms with van der Waals surface area (Å²) in [6, 6.07) is 10.7. The molecule has 6 nitrogen and oxygen atoms in total. The Morgan fingerprint density at radius 2 is 2.03 bits per heavy atom. The Kier molecular flexibility index (Phi) is 5.81. The molecule has 1 heterocycles. The minimum Gasteiger partial charge on any atom is -0.469 e. The lowest BCUT2D eigenvalue weighted by Crippen LogP contribution is -2.74. The molecule has 7 heteroatoms. The van der Waals surface area contributed by atoms with Crippen molar-refractivity contribution < 1.29 is 14.3 Å². The van der Waals surface area contributed by atoms with E-state index in [0.717, 1.165) is 52.7 Å². The zero-order valence-electron chi connectivity index (χ0n) is 20.7. The number of ether oxygens (including phenoxy) is 1. The first kappa shape index (κ1) is 23.8. The molecule has 4 fully saturated rings. The molecule has 0 saturated heterocycles. The molecular weight excluding hydrogens is 446 g/mol. The van der Waals surface area contributed by atoms with Crippen molar-refractivity contribution in [3.05, 3.63) is 36.5 Å². The van der Waals surface area contributed by atoms with Crippen molar-refractivity contribution in [2.45, 2.75) is 56.0 Å². The Balaban J connectivity index is 0.000000142. The number of likely N-dealkylation sites (N-methyl/N-ethyl adjacent to an activating group) is 1. The van der Waals surface area contributed by atoms with Crippen molar-refractivity contribution in [3.63, 3.8) is 0 Å². The highest BCUT2D eigenvalue weighted by atomic mass is 32.2. The highest BCUT2D eigenvalue weighted by Gasteiger charge is 2.86. The predicted octanol–water partition coefficient (Wildman–Crippen LogP) is 4.33. The number of hydrogen-bond acceptors (Lipinski definition) is 7. The number of pyridine rings is 1. The maximum Gasteiger partial charge on any atom is 0.312 e. The zero-order chi connectivity index (χ0) is 24.3. The maximum atomic E-state index is 12.0. The van der Waals surface area contributed by atoms with E-state index in [1.807, 2.05) is 55.5 Å². The van der Waals surface area contributed by atoms with Gasteiger partial charge in [0.1, 0.15) is 6.29 Å². The van der Waals surface area contributed by atoms with Crippen LogP contribution in [0.5, 0.6) is 0 Å². The average molecular weight is 482 g/mol. The number of methoxy groups -OCH3 is 1. The fraction of sp³-hybridized carbons (Fsp3) is 0.593. The molecule has 182 valence electrons. The van der Waals surface area contributed by atoms with Crippen molar-refractivity contribution in [1.82, 2.24) is 14.6 Å². The number of carbonyl (C=O) groups is 2. The molecule has 0 amide bonds. The van der Waals surface area contributed by atoms with Crippen molar-refractivity contribution >= 4 is 35.1 Å². The van der Waals surface area contributed by atoms with E-state index in [1.54, 1.807) is 25.3 Å². The second-order valence-corrected chi connectivity index (χ2v) is 12.2. The van der Waals surface area contributed by atoms with Gasteiger partial charge in [0, 0.05) is 22.5 Å². The Morgan fingerprint density at radius 3 is 2.74 bits per heavy atom. The lowest BCUT2D eigenvalue weighted by atomic mass is 9.30. The largest absolute Gasteiger partial charge is 0.469 e. The summed E-state index contributed by atoms with van der Waals surface area (Å²) in [4.78, 5) is 28.5. The van der Waals surface area contributed by atoms with Crippen molar-refractivity contribution in [2.24, 2.45) is 28.6 Å². The van der Waals surface area contributed by atoms with Gasteiger partial charge < -0.3 is 14.8 Å². The van der Waals surface area contributed by atoms with E-state index in [4.69, 9.17) is 4.74 Å². The summed E-state index contributed by atoms with van der Waals surface area (Å²) in [5.41, 5.74) is 0.774. The summed E-state index contributed by atoms with van der Waals surface area (Å²) < 4.78 is 7.01. The van der Waals surface area contributed by atoms with Gasteiger partial charge in [0.2, 0.25) is 0 Å². The zero-order valence-corrected chi connectivity index (χ0v) is 21.5. The minimum absolute atomic E-state index is 0.0581. The Bertz CT molecular complexity index is 1120. The highest BCUT2D eigenvalue weighted by Crippen LogP contribution is 2.86. The van der Waals surface area contributed by atoms with Crippen molar-refractivity contribution in [3.8, 4) is 0 Å². The van der Waals surface area contributed by atoms with Gasteiger partial charge >= 0.3 is 5.97 Å². The van der Waals surface area contributed by atoms with Crippen LogP contribution in [0.15, 0.2) is 41.4 Å². The van der Waals surface area contributed by atoms with Crippen LogP contribution in [0.2, 0.25) is 0 Å². The van der Waals surface area contributed by atoms with Crippen LogP contribution < -0.4 is 5.32 Å². The first-order valence-electron chi connectivity index (χ1n) is 12.2. The van der Waals surface area contributed by atoms with Crippen LogP contribution in [0, 0.1) is 28.6 Å². The fourth-order valence-electron chi connectivity index (χ4n) is 7.63. The molecule has 4 aliphatic carbocycles. The van der Waals surface area contributed by atoms with Gasteiger partial charge in [-0.2, -0.15) is 0 Å². The Labute approximate surface area is 206 Å². The Hall–Kier alpha value is -1.96. The number of benzene rings is 1. The van der Waals surface area contributed by atoms with Crippen LogP contribution in [0.1, 0.15) is 39.5 Å². The molecule has 2 bridgehead atoms. The van der Waals surface area contributed by atoms with Gasteiger partial charge in [-0.25, -0.2) is 4.31 Å². The van der Waals surface area contributed by atoms with Crippen LogP contribution in [0.3, 0.4) is 0 Å². The third-order valence-corrected chi connectivity index (χ3v) is 10.7. The summed E-state index contributed by atoms with van der Waals surface area (Å²) in [5, 5.41) is 4.60. The van der Waals surface area contributed by atoms with E-state index in [2.05, 4.69) is 17.3 Å². The molecule has 6 rings (SSSR count). The normalized spacial score (nSPS) is 34.5. The molecule has 1 N–H and O–H groups in total. The van der Waals surface area contributed by atoms with Gasteiger partial charge in [-0.15, -0.1) is 0 Å². The monoisotopic (exact) mass is 481 g/mol. The average Bonchev–Trinajstić information content (AvgIpc) is 3.35. The molecule has 4 aliphatic rings. The van der Waals surface area contributed by atoms with Crippen LogP contribution >= 0.6 is 11.9 Å². The summed E-state index contributed by atoms with van der Waals surface area (Å²) >= 11 is 1.54. The molecule has 0 aliphatic heterocycles. The number of aromatic nitrogens is 1. The van der Waals surface area contributed by atoms with E-state index < -0.39 is 5.54 Å². The SMILES string of the molecule is CN(Sc1cccc2cccnc12)C(C)(C)C=O.CNC1C2CC3CC4(C(=O)OC)CC1C34C2. The topological polar surface area (TPSA) is 71.5 Å². The number of nitrogens with zero attached hydrogens (tertiary/aromatic N) is 2. The lowest BCUT2D eigenvalue weighted by molar-refractivity contribution is -0.267. The van der Waals surface area contributed by atoms with Crippen LogP contribution in [-0.2, 0) is 14.3 Å². The number of esters is 1. The quantitative estimate of drug-likeness (QED) is 0.374. The second-order valence-electron chi connectivity index (χ2n) is 11.0. The first-order valence-corrected chi connectivity index (χ1v) is 13.0. The molecule has 1 aromatic heterocycles. The number of rotatable bonds is 6. The predicted molar refractivity (Wildman–Crippen MR) is 134 cm³/mol. The van der Waals surface area contributed by atoms with E-state index >= 15 is 0 Å². The number of nitrogens with one attached hydrogen (secondary N) is 1. The van der Waals surface area contributed by atoms with E-state index in [0.29, 0.717) is 11.5 Å². The van der Waals surface area contributed by atoms with Crippen LogP contribution in [-0.4, -0.2) is 54.3 Å². The summed E-state index contributed by atoms with van der Waals surface area (Å²) in [6.07, 6.45) is 7.57. The maximum absolute atomic E-state index is 12.0. The summed E-state index contributed by atoms with van der Waals surface area (Å²) in [5.74, 6) is 2.50. The summed E-state index contributed by atoms with van der Waals surface area (Å²) in [7, 11) is 5.54. The van der Waals surface area contributed by atoms with Gasteiger partial charge in [0.15, 0.2) is 0 Å². The molecular formula is C27H35N3O3S. The number of aldehydes is 1. The standard InChI is InChI=1S/C14H16N2OS.C13H19NO2/c1-14(2,10-17)16(3)18-12-8-4-6-11-7-5-9-15-13(11)12;1-14-10-7-3-8-5-12(11(15)16-2)6-9(10)13(8,12)4-7/h4-10H,1-3H3;7-10,14H,3-6H2,1-2H3. The third kappa shape index (κ3) is 3.12. The number of fused-ring (bicyclic) bond motifs is 2. The molecule has 1 aromatic carbocycles. The number of hydrogen-bond donors (Lipinski definition) is 1.